The Kier molecular flexibility index (Phi) is 3.13. The van der Waals surface area contributed by atoms with E-state index in [4.69, 9.17) is 0 Å². The summed E-state index contributed by atoms with van der Waals surface area (Å²) in [6.07, 6.45) is 0. The molecule has 1 heteroatoms. The molecule has 1 unspecified atom stereocenters. The smallest absolute Gasteiger partial charge is 0.0907 e. The van der Waals surface area contributed by atoms with Crippen LogP contribution in [0.15, 0.2) is 0 Å². The molecule has 0 bridgehead atoms. The van der Waals surface area contributed by atoms with Crippen LogP contribution in [0.1, 0.15) is 41.5 Å². The maximum Gasteiger partial charge on any atom is 0.0907 e. The van der Waals surface area contributed by atoms with Gasteiger partial charge in [0, 0.05) is 0 Å². The summed E-state index contributed by atoms with van der Waals surface area (Å²) < 4.78 is 1.15. The molecule has 1 nitrogen and oxygen atoms in total. The van der Waals surface area contributed by atoms with Crippen molar-refractivity contribution in [1.82, 2.24) is 0 Å². The molecule has 0 aliphatic heterocycles. The predicted molar refractivity (Wildman–Crippen MR) is 51.6 cm³/mol. The third-order valence-electron chi connectivity index (χ3n) is 3.33. The van der Waals surface area contributed by atoms with Crippen molar-refractivity contribution >= 4 is 0 Å². The zero-order chi connectivity index (χ0) is 9.28. The van der Waals surface area contributed by atoms with Crippen LogP contribution in [0.25, 0.3) is 0 Å². The standard InChI is InChI=1S/C10H24N/c1-8-11(7,9(2)3)10(4,5)6/h9H,8H2,1-7H3/q+1. The summed E-state index contributed by atoms with van der Waals surface area (Å²) in [7, 11) is 2.34. The first-order valence-corrected chi connectivity index (χ1v) is 4.61. The fourth-order valence-electron chi connectivity index (χ4n) is 1.61. The number of rotatable bonds is 2. The van der Waals surface area contributed by atoms with Gasteiger partial charge in [0.1, 0.15) is 0 Å². The number of hydrogen-bond acceptors (Lipinski definition) is 0. The van der Waals surface area contributed by atoms with E-state index >= 15 is 0 Å². The lowest BCUT2D eigenvalue weighted by atomic mass is 9.99. The van der Waals surface area contributed by atoms with Crippen molar-refractivity contribution in [3.05, 3.63) is 0 Å². The Morgan fingerprint density at radius 1 is 1.18 bits per heavy atom. The van der Waals surface area contributed by atoms with Crippen LogP contribution < -0.4 is 0 Å². The first kappa shape index (κ1) is 11.0. The highest BCUT2D eigenvalue weighted by Crippen LogP contribution is 2.24. The minimum absolute atomic E-state index is 0.364. The van der Waals surface area contributed by atoms with Crippen LogP contribution in [0.4, 0.5) is 0 Å². The predicted octanol–water partition coefficient (Wildman–Crippen LogP) is 2.66. The molecule has 0 aromatic heterocycles. The van der Waals surface area contributed by atoms with Crippen molar-refractivity contribution in [3.63, 3.8) is 0 Å². The Hall–Kier alpha value is -0.0400. The number of nitrogens with zero attached hydrogens (tertiary/aromatic N) is 1. The molecule has 11 heavy (non-hydrogen) atoms. The van der Waals surface area contributed by atoms with E-state index in [2.05, 4.69) is 48.6 Å². The zero-order valence-electron chi connectivity index (χ0n) is 9.23. The van der Waals surface area contributed by atoms with E-state index < -0.39 is 0 Å². The molecule has 0 saturated carbocycles. The first-order valence-electron chi connectivity index (χ1n) is 4.61. The summed E-state index contributed by atoms with van der Waals surface area (Å²) in [4.78, 5) is 0. The molecule has 0 N–H and O–H groups in total. The Morgan fingerprint density at radius 3 is 1.55 bits per heavy atom. The van der Waals surface area contributed by atoms with Crippen LogP contribution in [0, 0.1) is 0 Å². The quantitative estimate of drug-likeness (QED) is 0.542. The summed E-state index contributed by atoms with van der Waals surface area (Å²) in [6.45, 7) is 15.0. The lowest BCUT2D eigenvalue weighted by Gasteiger charge is -2.48. The fourth-order valence-corrected chi connectivity index (χ4v) is 1.61. The van der Waals surface area contributed by atoms with Gasteiger partial charge in [-0.3, -0.25) is 0 Å². The van der Waals surface area contributed by atoms with Crippen LogP contribution >= 0.6 is 0 Å². The molecule has 0 aromatic carbocycles. The van der Waals surface area contributed by atoms with Gasteiger partial charge < -0.3 is 4.48 Å². The van der Waals surface area contributed by atoms with Crippen molar-refractivity contribution in [2.45, 2.75) is 53.1 Å². The SMILES string of the molecule is CC[N+](C)(C(C)C)C(C)(C)C. The summed E-state index contributed by atoms with van der Waals surface area (Å²) in [5.41, 5.74) is 0.364. The van der Waals surface area contributed by atoms with Gasteiger partial charge in [-0.2, -0.15) is 0 Å². The van der Waals surface area contributed by atoms with Crippen molar-refractivity contribution in [2.75, 3.05) is 13.6 Å². The molecule has 0 heterocycles. The summed E-state index contributed by atoms with van der Waals surface area (Å²) in [5.74, 6) is 0. The third-order valence-corrected chi connectivity index (χ3v) is 3.33. The molecule has 0 aliphatic carbocycles. The monoisotopic (exact) mass is 158 g/mol. The van der Waals surface area contributed by atoms with Gasteiger partial charge in [0.25, 0.3) is 0 Å². The molecule has 0 amide bonds. The largest absolute Gasteiger partial charge is 0.320 e. The molecule has 0 spiro atoms. The Bertz CT molecular complexity index is 121. The fraction of sp³-hybridized carbons (Fsp3) is 1.00. The Labute approximate surface area is 72.0 Å². The summed E-state index contributed by atoms with van der Waals surface area (Å²) in [6, 6.07) is 0.708. The maximum atomic E-state index is 2.34. The molecular formula is C10H24N+. The summed E-state index contributed by atoms with van der Waals surface area (Å²) >= 11 is 0. The Morgan fingerprint density at radius 2 is 1.55 bits per heavy atom. The van der Waals surface area contributed by atoms with Gasteiger partial charge in [0.05, 0.1) is 25.2 Å². The molecule has 0 rings (SSSR count). The normalized spacial score (nSPS) is 18.5. The van der Waals surface area contributed by atoms with Crippen LogP contribution in [0.2, 0.25) is 0 Å². The van der Waals surface area contributed by atoms with Crippen LogP contribution in [-0.2, 0) is 0 Å². The van der Waals surface area contributed by atoms with E-state index in [1.165, 1.54) is 6.54 Å². The molecule has 0 aromatic rings. The average Bonchev–Trinajstić information content (AvgIpc) is 1.83. The van der Waals surface area contributed by atoms with Crippen molar-refractivity contribution < 1.29 is 4.48 Å². The minimum atomic E-state index is 0.364. The maximum absolute atomic E-state index is 2.34. The van der Waals surface area contributed by atoms with E-state index in [0.717, 1.165) is 4.48 Å². The number of quaternary nitrogens is 1. The van der Waals surface area contributed by atoms with Gasteiger partial charge in [0.2, 0.25) is 0 Å². The summed E-state index contributed by atoms with van der Waals surface area (Å²) in [5, 5.41) is 0. The van der Waals surface area contributed by atoms with Gasteiger partial charge in [-0.1, -0.05) is 0 Å². The van der Waals surface area contributed by atoms with Crippen LogP contribution in [-0.4, -0.2) is 29.7 Å². The molecule has 68 valence electrons. The molecule has 0 aliphatic rings. The highest BCUT2D eigenvalue weighted by molar-refractivity contribution is 4.63. The average molecular weight is 158 g/mol. The van der Waals surface area contributed by atoms with Crippen LogP contribution in [0.5, 0.6) is 0 Å². The molecule has 0 fully saturated rings. The molecule has 0 saturated heterocycles. The van der Waals surface area contributed by atoms with Gasteiger partial charge >= 0.3 is 0 Å². The lowest BCUT2D eigenvalue weighted by Crippen LogP contribution is -2.61. The van der Waals surface area contributed by atoms with E-state index in [9.17, 15) is 0 Å². The lowest BCUT2D eigenvalue weighted by molar-refractivity contribution is -0.970. The van der Waals surface area contributed by atoms with Crippen molar-refractivity contribution in [1.29, 1.82) is 0 Å². The third kappa shape index (κ3) is 1.96. The van der Waals surface area contributed by atoms with E-state index in [0.29, 0.717) is 11.6 Å². The van der Waals surface area contributed by atoms with Gasteiger partial charge in [-0.05, 0) is 41.5 Å². The topological polar surface area (TPSA) is 0 Å². The zero-order valence-corrected chi connectivity index (χ0v) is 9.23. The van der Waals surface area contributed by atoms with Crippen molar-refractivity contribution in [3.8, 4) is 0 Å². The van der Waals surface area contributed by atoms with E-state index in [1.807, 2.05) is 0 Å². The Balaban J connectivity index is 4.61. The minimum Gasteiger partial charge on any atom is -0.320 e. The van der Waals surface area contributed by atoms with E-state index in [-0.39, 0.29) is 0 Å². The first-order chi connectivity index (χ1) is 4.75. The van der Waals surface area contributed by atoms with Gasteiger partial charge in [-0.15, -0.1) is 0 Å². The van der Waals surface area contributed by atoms with Gasteiger partial charge in [-0.25, -0.2) is 0 Å². The highest BCUT2D eigenvalue weighted by Gasteiger charge is 2.36. The second-order valence-corrected chi connectivity index (χ2v) is 4.85. The molecule has 0 radical (unpaired) electrons. The van der Waals surface area contributed by atoms with Crippen LogP contribution in [0.3, 0.4) is 0 Å². The molecular weight excluding hydrogens is 134 g/mol. The van der Waals surface area contributed by atoms with Gasteiger partial charge in [0.15, 0.2) is 0 Å². The highest BCUT2D eigenvalue weighted by atomic mass is 15.4. The second-order valence-electron chi connectivity index (χ2n) is 4.85. The van der Waals surface area contributed by atoms with E-state index in [1.54, 1.807) is 0 Å². The van der Waals surface area contributed by atoms with Crippen molar-refractivity contribution in [2.24, 2.45) is 0 Å². The molecule has 1 atom stereocenters. The second kappa shape index (κ2) is 3.14. The number of hydrogen-bond donors (Lipinski definition) is 0.